The van der Waals surface area contributed by atoms with E-state index in [0.29, 0.717) is 8.95 Å². The Morgan fingerprint density at radius 3 is 2.36 bits per heavy atom. The number of amides is 1. The van der Waals surface area contributed by atoms with Gasteiger partial charge in [-0.25, -0.2) is 18.0 Å². The maximum Gasteiger partial charge on any atom is 0.412 e. The summed E-state index contributed by atoms with van der Waals surface area (Å²) in [6.45, 7) is 4.45. The molecule has 0 aliphatic carbocycles. The van der Waals surface area contributed by atoms with Crippen molar-refractivity contribution in [1.29, 1.82) is 0 Å². The van der Waals surface area contributed by atoms with Gasteiger partial charge in [-0.15, -0.1) is 0 Å². The molecule has 11 heteroatoms. The predicted octanol–water partition coefficient (Wildman–Crippen LogP) is 3.26. The number of hydrogen-bond acceptors (Lipinski definition) is 7. The van der Waals surface area contributed by atoms with Crippen LogP contribution in [0.2, 0.25) is 0 Å². The third-order valence-electron chi connectivity index (χ3n) is 2.47. The largest absolute Gasteiger partial charge is 0.748 e. The Morgan fingerprint density at radius 1 is 1.24 bits per heavy atom. The highest BCUT2D eigenvalue weighted by molar-refractivity contribution is 9.11. The maximum absolute atomic E-state index is 12.2. The van der Waals surface area contributed by atoms with Crippen LogP contribution >= 0.6 is 31.9 Å². The SMILES string of the molecule is CC(C)(C)OC(=O)Nc1c(Br)cc(Br)cc1C(=O)OCCS(=O)(=O)[O-]. The van der Waals surface area contributed by atoms with Gasteiger partial charge in [-0.3, -0.25) is 5.32 Å². The Hall–Kier alpha value is -1.17. The maximum atomic E-state index is 12.2. The van der Waals surface area contributed by atoms with E-state index in [1.165, 1.54) is 6.07 Å². The van der Waals surface area contributed by atoms with Crippen molar-refractivity contribution < 1.29 is 32.0 Å². The van der Waals surface area contributed by atoms with Crippen molar-refractivity contribution in [2.75, 3.05) is 17.7 Å². The summed E-state index contributed by atoms with van der Waals surface area (Å²) in [6.07, 6.45) is -0.785. The molecular weight excluding hydrogens is 486 g/mol. The van der Waals surface area contributed by atoms with Crippen molar-refractivity contribution in [3.8, 4) is 0 Å². The number of halogens is 2. The van der Waals surface area contributed by atoms with Crippen LogP contribution in [0.5, 0.6) is 0 Å². The Labute approximate surface area is 162 Å². The van der Waals surface area contributed by atoms with Crippen LogP contribution in [0.3, 0.4) is 0 Å². The molecule has 0 unspecified atom stereocenters. The Bertz CT molecular complexity index is 772. The lowest BCUT2D eigenvalue weighted by Crippen LogP contribution is -2.28. The van der Waals surface area contributed by atoms with E-state index in [1.807, 2.05) is 0 Å². The average molecular weight is 502 g/mol. The van der Waals surface area contributed by atoms with E-state index >= 15 is 0 Å². The zero-order valence-electron chi connectivity index (χ0n) is 13.6. The van der Waals surface area contributed by atoms with Crippen LogP contribution in [-0.2, 0) is 19.6 Å². The zero-order valence-corrected chi connectivity index (χ0v) is 17.6. The summed E-state index contributed by atoms with van der Waals surface area (Å²) in [5, 5.41) is 2.44. The second kappa shape index (κ2) is 8.47. The Kier molecular flexibility index (Phi) is 7.41. The van der Waals surface area contributed by atoms with E-state index in [-0.39, 0.29) is 11.3 Å². The topological polar surface area (TPSA) is 122 Å². The molecule has 0 spiro atoms. The minimum atomic E-state index is -4.50. The van der Waals surface area contributed by atoms with E-state index in [9.17, 15) is 22.6 Å². The zero-order chi connectivity index (χ0) is 19.4. The summed E-state index contributed by atoms with van der Waals surface area (Å²) in [5.74, 6) is -1.75. The molecule has 25 heavy (non-hydrogen) atoms. The van der Waals surface area contributed by atoms with E-state index < -0.39 is 40.1 Å². The number of carbonyl (C=O) groups is 2. The van der Waals surface area contributed by atoms with Crippen LogP contribution < -0.4 is 5.32 Å². The molecule has 1 N–H and O–H groups in total. The van der Waals surface area contributed by atoms with Crippen molar-refractivity contribution in [2.24, 2.45) is 0 Å². The van der Waals surface area contributed by atoms with Gasteiger partial charge in [0.1, 0.15) is 12.2 Å². The van der Waals surface area contributed by atoms with Gasteiger partial charge in [0.2, 0.25) is 0 Å². The Balaban J connectivity index is 3.02. The first kappa shape index (κ1) is 21.9. The van der Waals surface area contributed by atoms with Crippen molar-refractivity contribution >= 4 is 59.7 Å². The summed E-state index contributed by atoms with van der Waals surface area (Å²) >= 11 is 6.42. The van der Waals surface area contributed by atoms with Gasteiger partial charge in [-0.2, -0.15) is 0 Å². The van der Waals surface area contributed by atoms with E-state index in [0.717, 1.165) is 0 Å². The molecule has 1 aromatic rings. The third kappa shape index (κ3) is 8.17. The molecule has 8 nitrogen and oxygen atoms in total. The molecule has 1 aromatic carbocycles. The molecule has 0 radical (unpaired) electrons. The smallest absolute Gasteiger partial charge is 0.412 e. The average Bonchev–Trinajstić information content (AvgIpc) is 2.37. The summed E-state index contributed by atoms with van der Waals surface area (Å²) in [4.78, 5) is 24.1. The first-order valence-electron chi connectivity index (χ1n) is 6.88. The highest BCUT2D eigenvalue weighted by Gasteiger charge is 2.22. The lowest BCUT2D eigenvalue weighted by Gasteiger charge is -2.21. The molecule has 0 fully saturated rings. The normalized spacial score (nSPS) is 11.8. The second-order valence-corrected chi connectivity index (χ2v) is 9.13. The molecule has 0 aliphatic rings. The van der Waals surface area contributed by atoms with Gasteiger partial charge in [0.05, 0.1) is 27.1 Å². The van der Waals surface area contributed by atoms with Crippen molar-refractivity contribution in [3.05, 3.63) is 26.6 Å². The summed E-state index contributed by atoms with van der Waals surface area (Å²) in [5.41, 5.74) is -0.697. The third-order valence-corrected chi connectivity index (χ3v) is 4.22. The molecule has 0 saturated carbocycles. The molecule has 140 valence electrons. The standard InChI is InChI=1S/C14H17Br2NO7S/c1-14(2,3)24-13(19)17-11-9(6-8(15)7-10(11)16)12(18)23-4-5-25(20,21)22/h6-7H,4-5H2,1-3H3,(H,17,19)(H,20,21,22)/p-1. The number of ether oxygens (including phenoxy) is 2. The van der Waals surface area contributed by atoms with Crippen molar-refractivity contribution in [3.63, 3.8) is 0 Å². The molecule has 1 amide bonds. The number of benzene rings is 1. The van der Waals surface area contributed by atoms with Crippen molar-refractivity contribution in [1.82, 2.24) is 0 Å². The molecular formula is C14H16Br2NO7S-. The summed E-state index contributed by atoms with van der Waals surface area (Å²) in [7, 11) is -4.50. The lowest BCUT2D eigenvalue weighted by molar-refractivity contribution is 0.0529. The fourth-order valence-electron chi connectivity index (χ4n) is 1.58. The van der Waals surface area contributed by atoms with E-state index in [2.05, 4.69) is 37.2 Å². The number of esters is 1. The fraction of sp³-hybridized carbons (Fsp3) is 0.429. The Morgan fingerprint density at radius 2 is 1.84 bits per heavy atom. The first-order valence-corrected chi connectivity index (χ1v) is 10.0. The fourth-order valence-corrected chi connectivity index (χ4v) is 3.19. The predicted molar refractivity (Wildman–Crippen MR) is 96.5 cm³/mol. The number of rotatable bonds is 5. The lowest BCUT2D eigenvalue weighted by atomic mass is 10.2. The quantitative estimate of drug-likeness (QED) is 0.485. The van der Waals surface area contributed by atoms with Crippen molar-refractivity contribution in [2.45, 2.75) is 26.4 Å². The van der Waals surface area contributed by atoms with E-state index in [1.54, 1.807) is 26.8 Å². The van der Waals surface area contributed by atoms with Gasteiger partial charge >= 0.3 is 12.1 Å². The summed E-state index contributed by atoms with van der Waals surface area (Å²) < 4.78 is 42.5. The number of hydrogen-bond donors (Lipinski definition) is 1. The minimum Gasteiger partial charge on any atom is -0.748 e. The highest BCUT2D eigenvalue weighted by Crippen LogP contribution is 2.31. The van der Waals surface area contributed by atoms with Crippen LogP contribution in [0.15, 0.2) is 21.1 Å². The monoisotopic (exact) mass is 500 g/mol. The van der Waals surface area contributed by atoms with Crippen LogP contribution in [0.25, 0.3) is 0 Å². The van der Waals surface area contributed by atoms with Gasteiger partial charge in [0.15, 0.2) is 0 Å². The molecule has 1 rings (SSSR count). The molecule has 0 saturated heterocycles. The van der Waals surface area contributed by atoms with Crippen LogP contribution in [-0.4, -0.2) is 43.0 Å². The molecule has 0 bridgehead atoms. The van der Waals surface area contributed by atoms with Gasteiger partial charge in [0, 0.05) is 8.95 Å². The molecule has 0 aromatic heterocycles. The van der Waals surface area contributed by atoms with Gasteiger partial charge < -0.3 is 14.0 Å². The molecule has 0 atom stereocenters. The van der Waals surface area contributed by atoms with Crippen LogP contribution in [0, 0.1) is 0 Å². The first-order chi connectivity index (χ1) is 11.3. The van der Waals surface area contributed by atoms with Crippen LogP contribution in [0.1, 0.15) is 31.1 Å². The molecule has 0 heterocycles. The van der Waals surface area contributed by atoms with Gasteiger partial charge in [-0.1, -0.05) is 15.9 Å². The number of nitrogens with one attached hydrogen (secondary N) is 1. The minimum absolute atomic E-state index is 0.0459. The van der Waals surface area contributed by atoms with Gasteiger partial charge in [-0.05, 0) is 48.8 Å². The van der Waals surface area contributed by atoms with Gasteiger partial charge in [0.25, 0.3) is 0 Å². The summed E-state index contributed by atoms with van der Waals surface area (Å²) in [6, 6.07) is 2.97. The number of carbonyl (C=O) groups excluding carboxylic acids is 2. The second-order valence-electron chi connectivity index (χ2n) is 5.83. The number of anilines is 1. The highest BCUT2D eigenvalue weighted by atomic mass is 79.9. The molecule has 0 aliphatic heterocycles. The van der Waals surface area contributed by atoms with Crippen LogP contribution in [0.4, 0.5) is 10.5 Å². The van der Waals surface area contributed by atoms with E-state index in [4.69, 9.17) is 9.47 Å².